The number of nitrogens with zero attached hydrogens (tertiary/aromatic N) is 1. The van der Waals surface area contributed by atoms with Crippen molar-refractivity contribution in [3.05, 3.63) is 35.8 Å². The Morgan fingerprint density at radius 3 is 2.94 bits per heavy atom. The lowest BCUT2D eigenvalue weighted by Crippen LogP contribution is -2.18. The van der Waals surface area contributed by atoms with Gasteiger partial charge in [-0.3, -0.25) is 4.79 Å². The first-order chi connectivity index (χ1) is 7.65. The molecule has 0 radical (unpaired) electrons. The Hall–Kier alpha value is -1.68. The first-order valence-corrected chi connectivity index (χ1v) is 5.06. The van der Waals surface area contributed by atoms with E-state index in [1.54, 1.807) is 37.0 Å². The molecule has 1 aromatic carbocycles. The zero-order chi connectivity index (χ0) is 11.7. The van der Waals surface area contributed by atoms with Crippen LogP contribution in [-0.2, 0) is 7.05 Å². The van der Waals surface area contributed by atoms with Crippen LogP contribution in [0.4, 0.5) is 4.39 Å². The average Bonchev–Trinajstić information content (AvgIpc) is 2.58. The van der Waals surface area contributed by atoms with Gasteiger partial charge in [0.05, 0.1) is 12.1 Å². The number of aromatic nitrogens is 1. The molecular formula is C12H13FN2O. The van der Waals surface area contributed by atoms with Crippen LogP contribution in [0.15, 0.2) is 24.4 Å². The summed E-state index contributed by atoms with van der Waals surface area (Å²) in [5.74, 6) is -0.331. The number of rotatable bonds is 3. The molecule has 16 heavy (non-hydrogen) atoms. The van der Waals surface area contributed by atoms with Gasteiger partial charge in [-0.1, -0.05) is 12.1 Å². The van der Waals surface area contributed by atoms with Crippen LogP contribution >= 0.6 is 0 Å². The minimum Gasteiger partial charge on any atom is -0.347 e. The number of hydrogen-bond donors (Lipinski definition) is 1. The lowest BCUT2D eigenvalue weighted by atomic mass is 10.1. The number of Topliss-reactive ketones (excluding diaryl/α,β-unsaturated/α-hetero) is 1. The lowest BCUT2D eigenvalue weighted by Gasteiger charge is -1.98. The quantitative estimate of drug-likeness (QED) is 0.799. The molecule has 3 nitrogen and oxygen atoms in total. The molecule has 0 aliphatic rings. The molecule has 4 heteroatoms. The Morgan fingerprint density at radius 1 is 1.50 bits per heavy atom. The average molecular weight is 220 g/mol. The van der Waals surface area contributed by atoms with E-state index in [-0.39, 0.29) is 18.1 Å². The van der Waals surface area contributed by atoms with E-state index in [0.717, 1.165) is 0 Å². The summed E-state index contributed by atoms with van der Waals surface area (Å²) in [6, 6.07) is 4.78. The molecule has 2 aromatic rings. The Labute approximate surface area is 92.9 Å². The summed E-state index contributed by atoms with van der Waals surface area (Å²) >= 11 is 0. The molecule has 0 spiro atoms. The fourth-order valence-electron chi connectivity index (χ4n) is 1.90. The first kappa shape index (κ1) is 10.8. The number of likely N-dealkylation sites (N-methyl/N-ethyl adjacent to an activating group) is 1. The van der Waals surface area contributed by atoms with Gasteiger partial charge in [0, 0.05) is 24.2 Å². The van der Waals surface area contributed by atoms with Crippen molar-refractivity contribution >= 4 is 16.7 Å². The van der Waals surface area contributed by atoms with Crippen molar-refractivity contribution in [2.45, 2.75) is 0 Å². The molecule has 0 saturated carbocycles. The molecule has 0 bridgehead atoms. The van der Waals surface area contributed by atoms with Crippen molar-refractivity contribution in [1.29, 1.82) is 0 Å². The number of aryl methyl sites for hydroxylation is 1. The van der Waals surface area contributed by atoms with E-state index in [9.17, 15) is 9.18 Å². The van der Waals surface area contributed by atoms with Crippen molar-refractivity contribution in [3.8, 4) is 0 Å². The van der Waals surface area contributed by atoms with E-state index in [2.05, 4.69) is 5.32 Å². The topological polar surface area (TPSA) is 34.0 Å². The maximum absolute atomic E-state index is 13.6. The van der Waals surface area contributed by atoms with Crippen LogP contribution in [0.1, 0.15) is 10.4 Å². The van der Waals surface area contributed by atoms with Crippen molar-refractivity contribution in [1.82, 2.24) is 9.88 Å². The standard InChI is InChI=1S/C12H13FN2O/c1-14-6-11(16)9-7-15(2)12-8(9)4-3-5-10(12)13/h3-5,7,14H,6H2,1-2H3. The van der Waals surface area contributed by atoms with Gasteiger partial charge in [-0.15, -0.1) is 0 Å². The largest absolute Gasteiger partial charge is 0.347 e. The first-order valence-electron chi connectivity index (χ1n) is 5.06. The van der Waals surface area contributed by atoms with Crippen LogP contribution in [0.5, 0.6) is 0 Å². The summed E-state index contributed by atoms with van der Waals surface area (Å²) < 4.78 is 15.2. The predicted octanol–water partition coefficient (Wildman–Crippen LogP) is 1.72. The zero-order valence-electron chi connectivity index (χ0n) is 9.25. The molecule has 1 N–H and O–H groups in total. The van der Waals surface area contributed by atoms with Crippen LogP contribution in [0.2, 0.25) is 0 Å². The van der Waals surface area contributed by atoms with Gasteiger partial charge in [0.1, 0.15) is 5.82 Å². The van der Waals surface area contributed by atoms with Gasteiger partial charge in [-0.2, -0.15) is 0 Å². The molecule has 0 amide bonds. The van der Waals surface area contributed by atoms with Gasteiger partial charge in [-0.05, 0) is 13.1 Å². The van der Waals surface area contributed by atoms with E-state index in [0.29, 0.717) is 16.5 Å². The zero-order valence-corrected chi connectivity index (χ0v) is 9.25. The number of fused-ring (bicyclic) bond motifs is 1. The highest BCUT2D eigenvalue weighted by atomic mass is 19.1. The highest BCUT2D eigenvalue weighted by molar-refractivity contribution is 6.09. The predicted molar refractivity (Wildman–Crippen MR) is 61.1 cm³/mol. The Bertz CT molecular complexity index is 545. The molecule has 0 fully saturated rings. The second kappa shape index (κ2) is 4.06. The third-order valence-corrected chi connectivity index (χ3v) is 2.59. The van der Waals surface area contributed by atoms with E-state index in [1.807, 2.05) is 0 Å². The maximum atomic E-state index is 13.6. The van der Waals surface area contributed by atoms with Crippen molar-refractivity contribution < 1.29 is 9.18 Å². The molecular weight excluding hydrogens is 207 g/mol. The lowest BCUT2D eigenvalue weighted by molar-refractivity contribution is 0.0995. The molecule has 0 saturated heterocycles. The Morgan fingerprint density at radius 2 is 2.25 bits per heavy atom. The van der Waals surface area contributed by atoms with Crippen LogP contribution in [0.3, 0.4) is 0 Å². The molecule has 0 unspecified atom stereocenters. The molecule has 1 aromatic heterocycles. The monoisotopic (exact) mass is 220 g/mol. The number of hydrogen-bond acceptors (Lipinski definition) is 2. The number of ketones is 1. The summed E-state index contributed by atoms with van der Waals surface area (Å²) in [5, 5.41) is 3.47. The number of benzene rings is 1. The van der Waals surface area contributed by atoms with Gasteiger partial charge in [-0.25, -0.2) is 4.39 Å². The van der Waals surface area contributed by atoms with Gasteiger partial charge in [0.25, 0.3) is 0 Å². The van der Waals surface area contributed by atoms with Crippen LogP contribution in [0, 0.1) is 5.82 Å². The molecule has 0 aliphatic carbocycles. The third-order valence-electron chi connectivity index (χ3n) is 2.59. The number of para-hydroxylation sites is 1. The Balaban J connectivity index is 2.64. The second-order valence-corrected chi connectivity index (χ2v) is 3.74. The van der Waals surface area contributed by atoms with Gasteiger partial charge in [0.2, 0.25) is 0 Å². The van der Waals surface area contributed by atoms with Crippen LogP contribution in [0.25, 0.3) is 10.9 Å². The molecule has 2 rings (SSSR count). The van der Waals surface area contributed by atoms with Crippen LogP contribution < -0.4 is 5.32 Å². The van der Waals surface area contributed by atoms with E-state index in [1.165, 1.54) is 6.07 Å². The number of carbonyl (C=O) groups is 1. The van der Waals surface area contributed by atoms with Crippen LogP contribution in [-0.4, -0.2) is 23.9 Å². The minimum absolute atomic E-state index is 0.0290. The van der Waals surface area contributed by atoms with E-state index in [4.69, 9.17) is 0 Å². The number of nitrogens with one attached hydrogen (secondary N) is 1. The van der Waals surface area contributed by atoms with Crippen molar-refractivity contribution in [2.75, 3.05) is 13.6 Å². The summed E-state index contributed by atoms with van der Waals surface area (Å²) in [7, 11) is 3.45. The van der Waals surface area contributed by atoms with Gasteiger partial charge in [0.15, 0.2) is 5.78 Å². The third kappa shape index (κ3) is 1.61. The van der Waals surface area contributed by atoms with E-state index >= 15 is 0 Å². The summed E-state index contributed by atoms with van der Waals surface area (Å²) in [6.45, 7) is 0.260. The van der Waals surface area contributed by atoms with Crippen molar-refractivity contribution in [3.63, 3.8) is 0 Å². The molecule has 84 valence electrons. The number of halogens is 1. The van der Waals surface area contributed by atoms with Gasteiger partial charge >= 0.3 is 0 Å². The van der Waals surface area contributed by atoms with E-state index < -0.39 is 0 Å². The second-order valence-electron chi connectivity index (χ2n) is 3.74. The van der Waals surface area contributed by atoms with Crippen molar-refractivity contribution in [2.24, 2.45) is 7.05 Å². The molecule has 0 atom stereocenters. The van der Waals surface area contributed by atoms with Gasteiger partial charge < -0.3 is 9.88 Å². The normalized spacial score (nSPS) is 10.9. The SMILES string of the molecule is CNCC(=O)c1cn(C)c2c(F)cccc12. The highest BCUT2D eigenvalue weighted by Gasteiger charge is 2.15. The highest BCUT2D eigenvalue weighted by Crippen LogP contribution is 2.23. The summed E-state index contributed by atoms with van der Waals surface area (Å²) in [6.07, 6.45) is 1.67. The summed E-state index contributed by atoms with van der Waals surface area (Å²) in [4.78, 5) is 11.8. The number of carbonyl (C=O) groups excluding carboxylic acids is 1. The molecule has 0 aliphatic heterocycles. The molecule has 1 heterocycles. The fourth-order valence-corrected chi connectivity index (χ4v) is 1.90. The maximum Gasteiger partial charge on any atom is 0.178 e. The Kier molecular flexibility index (Phi) is 2.75. The summed E-state index contributed by atoms with van der Waals surface area (Å²) in [5.41, 5.74) is 1.04. The minimum atomic E-state index is -0.302. The smallest absolute Gasteiger partial charge is 0.178 e. The fraction of sp³-hybridized carbons (Fsp3) is 0.250.